The molecule has 5 nitrogen and oxygen atoms in total. The second-order valence-electron chi connectivity index (χ2n) is 8.05. The predicted molar refractivity (Wildman–Crippen MR) is 125 cm³/mol. The molecule has 0 radical (unpaired) electrons. The summed E-state index contributed by atoms with van der Waals surface area (Å²) in [5.74, 6) is 0.769. The molecule has 2 unspecified atom stereocenters. The zero-order valence-electron chi connectivity index (χ0n) is 17.3. The molecule has 31 heavy (non-hydrogen) atoms. The van der Waals surface area contributed by atoms with E-state index in [9.17, 15) is 8.42 Å². The lowest BCUT2D eigenvalue weighted by atomic mass is 9.73. The normalized spacial score (nSPS) is 25.3. The molecule has 0 spiro atoms. The minimum atomic E-state index is -3.79. The van der Waals surface area contributed by atoms with Crippen molar-refractivity contribution in [3.05, 3.63) is 90.0 Å². The van der Waals surface area contributed by atoms with Crippen LogP contribution < -0.4 is 9.04 Å². The number of sulfonamides is 1. The summed E-state index contributed by atoms with van der Waals surface area (Å²) in [5.41, 5.74) is 2.25. The Hall–Kier alpha value is -2.48. The summed E-state index contributed by atoms with van der Waals surface area (Å²) in [6.45, 7) is 0. The average molecular weight is 453 g/mol. The molecule has 1 fully saturated rings. The molecule has 7 heteroatoms. The number of likely N-dealkylation sites (N-methyl/N-ethyl adjacent to an activating group) is 1. The van der Waals surface area contributed by atoms with Gasteiger partial charge in [-0.2, -0.15) is 12.6 Å². The number of anilines is 1. The molecular formula is C24H24N2O3S2. The lowest BCUT2D eigenvalue weighted by Gasteiger charge is -2.36. The maximum Gasteiger partial charge on any atom is 0.265 e. The van der Waals surface area contributed by atoms with Gasteiger partial charge in [-0.05, 0) is 54.9 Å². The van der Waals surface area contributed by atoms with Crippen LogP contribution in [0.25, 0.3) is 0 Å². The highest BCUT2D eigenvalue weighted by Gasteiger charge is 2.62. The van der Waals surface area contributed by atoms with Crippen molar-refractivity contribution in [2.24, 2.45) is 0 Å². The molecular weight excluding hydrogens is 428 g/mol. The van der Waals surface area contributed by atoms with Crippen molar-refractivity contribution in [1.29, 1.82) is 0 Å². The Balaban J connectivity index is 1.77. The van der Waals surface area contributed by atoms with Crippen molar-refractivity contribution in [2.75, 3.05) is 18.5 Å². The number of thiol groups is 1. The van der Waals surface area contributed by atoms with Gasteiger partial charge in [0.05, 0.1) is 28.5 Å². The van der Waals surface area contributed by atoms with Crippen molar-refractivity contribution in [3.8, 4) is 5.75 Å². The van der Waals surface area contributed by atoms with Gasteiger partial charge >= 0.3 is 0 Å². The monoisotopic (exact) mass is 452 g/mol. The second kappa shape index (κ2) is 7.29. The maximum atomic E-state index is 13.9. The smallest absolute Gasteiger partial charge is 0.265 e. The number of benzene rings is 3. The summed E-state index contributed by atoms with van der Waals surface area (Å²) < 4.78 is 34.8. The van der Waals surface area contributed by atoms with Crippen LogP contribution >= 0.6 is 12.6 Å². The van der Waals surface area contributed by atoms with E-state index in [1.54, 1.807) is 35.7 Å². The zero-order chi connectivity index (χ0) is 21.8. The number of ether oxygens (including phenoxy) is 1. The number of hydrogen-bond acceptors (Lipinski definition) is 5. The predicted octanol–water partition coefficient (Wildman–Crippen LogP) is 4.11. The molecule has 3 aromatic rings. The van der Waals surface area contributed by atoms with Crippen LogP contribution in [0.4, 0.5) is 5.69 Å². The molecule has 0 N–H and O–H groups in total. The summed E-state index contributed by atoms with van der Waals surface area (Å²) >= 11 is 4.83. The van der Waals surface area contributed by atoms with Crippen LogP contribution in [0.3, 0.4) is 0 Å². The first-order valence-electron chi connectivity index (χ1n) is 10.1. The average Bonchev–Trinajstić information content (AvgIpc) is 3.24. The van der Waals surface area contributed by atoms with Crippen LogP contribution in [-0.4, -0.2) is 39.0 Å². The molecule has 5 rings (SSSR count). The molecule has 3 aromatic carbocycles. The molecule has 3 atom stereocenters. The van der Waals surface area contributed by atoms with Crippen molar-refractivity contribution in [3.63, 3.8) is 0 Å². The summed E-state index contributed by atoms with van der Waals surface area (Å²) in [7, 11) is -0.196. The highest BCUT2D eigenvalue weighted by molar-refractivity contribution is 7.93. The van der Waals surface area contributed by atoms with Crippen LogP contribution in [0.5, 0.6) is 5.75 Å². The molecule has 160 valence electrons. The fourth-order valence-corrected chi connectivity index (χ4v) is 7.27. The Bertz CT molecular complexity index is 1220. The second-order valence-corrected chi connectivity index (χ2v) is 10.5. The lowest BCUT2D eigenvalue weighted by Crippen LogP contribution is -2.51. The first-order chi connectivity index (χ1) is 14.9. The molecule has 0 amide bonds. The Morgan fingerprint density at radius 3 is 2.29 bits per heavy atom. The van der Waals surface area contributed by atoms with Gasteiger partial charge < -0.3 is 4.74 Å². The van der Waals surface area contributed by atoms with Crippen LogP contribution in [0.2, 0.25) is 0 Å². The van der Waals surface area contributed by atoms with E-state index in [2.05, 4.69) is 4.90 Å². The number of nitrogens with zero attached hydrogens (tertiary/aromatic N) is 2. The molecule has 0 saturated carbocycles. The van der Waals surface area contributed by atoms with Gasteiger partial charge in [0.2, 0.25) is 0 Å². The van der Waals surface area contributed by atoms with E-state index in [-0.39, 0.29) is 10.3 Å². The van der Waals surface area contributed by atoms with Gasteiger partial charge in [-0.1, -0.05) is 48.5 Å². The summed E-state index contributed by atoms with van der Waals surface area (Å²) in [5, 5.41) is -0.0890. The maximum absolute atomic E-state index is 13.9. The van der Waals surface area contributed by atoms with Crippen molar-refractivity contribution in [1.82, 2.24) is 4.90 Å². The van der Waals surface area contributed by atoms with Crippen molar-refractivity contribution >= 4 is 28.3 Å². The van der Waals surface area contributed by atoms with Gasteiger partial charge in [0, 0.05) is 0 Å². The summed E-state index contributed by atoms with van der Waals surface area (Å²) in [4.78, 5) is 2.35. The van der Waals surface area contributed by atoms with E-state index >= 15 is 0 Å². The summed E-state index contributed by atoms with van der Waals surface area (Å²) in [6.07, 6.45) is 0.271. The third kappa shape index (κ3) is 2.83. The lowest BCUT2D eigenvalue weighted by molar-refractivity contribution is 0.278. The largest absolute Gasteiger partial charge is 0.497 e. The van der Waals surface area contributed by atoms with Crippen LogP contribution in [0, 0.1) is 0 Å². The Morgan fingerprint density at radius 2 is 1.61 bits per heavy atom. The third-order valence-electron chi connectivity index (χ3n) is 6.55. The number of hydrogen-bond donors (Lipinski definition) is 1. The van der Waals surface area contributed by atoms with Gasteiger partial charge in [0.25, 0.3) is 10.0 Å². The number of fused-ring (bicyclic) bond motifs is 3. The molecule has 2 aliphatic heterocycles. The number of para-hydroxylation sites is 1. The van der Waals surface area contributed by atoms with Crippen molar-refractivity contribution < 1.29 is 13.2 Å². The Labute approximate surface area is 188 Å². The van der Waals surface area contributed by atoms with Gasteiger partial charge in [0.15, 0.2) is 0 Å². The standard InChI is InChI=1S/C24H24N2O3S2/c1-25-22(30)16-24(17-12-14-18(29-2)15-13-17)20-10-6-7-11-21(20)26(23(24)25)31(27,28)19-8-4-3-5-9-19/h3-15,22-23,30H,16H2,1-2H3/t22?,23?,24-/m0/s1. The van der Waals surface area contributed by atoms with Gasteiger partial charge in [-0.3, -0.25) is 4.90 Å². The Morgan fingerprint density at radius 1 is 0.968 bits per heavy atom. The molecule has 2 heterocycles. The highest BCUT2D eigenvalue weighted by atomic mass is 32.2. The third-order valence-corrected chi connectivity index (χ3v) is 8.88. The van der Waals surface area contributed by atoms with E-state index in [1.165, 1.54) is 0 Å². The highest BCUT2D eigenvalue weighted by Crippen LogP contribution is 2.58. The quantitative estimate of drug-likeness (QED) is 0.606. The van der Waals surface area contributed by atoms with Gasteiger partial charge in [0.1, 0.15) is 11.9 Å². The fraction of sp³-hybridized carbons (Fsp3) is 0.250. The molecule has 1 saturated heterocycles. The zero-order valence-corrected chi connectivity index (χ0v) is 19.1. The molecule has 0 aliphatic carbocycles. The first kappa shape index (κ1) is 20.4. The van der Waals surface area contributed by atoms with Gasteiger partial charge in [-0.25, -0.2) is 12.7 Å². The van der Waals surface area contributed by atoms with Crippen LogP contribution in [0.1, 0.15) is 17.5 Å². The number of likely N-dealkylation sites (tertiary alicyclic amines) is 1. The summed E-state index contributed by atoms with van der Waals surface area (Å²) in [6, 6.07) is 24.4. The van der Waals surface area contributed by atoms with E-state index in [4.69, 9.17) is 17.4 Å². The van der Waals surface area contributed by atoms with E-state index in [0.717, 1.165) is 22.6 Å². The topological polar surface area (TPSA) is 49.9 Å². The first-order valence-corrected chi connectivity index (χ1v) is 12.1. The molecule has 0 aromatic heterocycles. The van der Waals surface area contributed by atoms with E-state index in [1.807, 2.05) is 61.6 Å². The number of methoxy groups -OCH3 is 1. The fourth-order valence-electron chi connectivity index (χ4n) is 5.12. The van der Waals surface area contributed by atoms with Crippen LogP contribution in [0.15, 0.2) is 83.8 Å². The van der Waals surface area contributed by atoms with E-state index < -0.39 is 21.6 Å². The van der Waals surface area contributed by atoms with Crippen LogP contribution in [-0.2, 0) is 15.4 Å². The van der Waals surface area contributed by atoms with Gasteiger partial charge in [-0.15, -0.1) is 0 Å². The minimum absolute atomic E-state index is 0.0890. The molecule has 0 bridgehead atoms. The molecule has 2 aliphatic rings. The number of rotatable bonds is 4. The van der Waals surface area contributed by atoms with Crippen molar-refractivity contribution in [2.45, 2.75) is 28.3 Å². The minimum Gasteiger partial charge on any atom is -0.497 e. The Kier molecular flexibility index (Phi) is 4.80. The SMILES string of the molecule is COc1ccc([C@]23CC(S)N(C)C2N(S(=O)(=O)c2ccccc2)c2ccccc23)cc1. The van der Waals surface area contributed by atoms with E-state index in [0.29, 0.717) is 6.42 Å².